The molecule has 0 saturated carbocycles. The van der Waals surface area contributed by atoms with Crippen molar-refractivity contribution in [1.82, 2.24) is 4.90 Å². The van der Waals surface area contributed by atoms with Crippen molar-refractivity contribution in [2.45, 2.75) is 31.3 Å². The van der Waals surface area contributed by atoms with Gasteiger partial charge in [0.05, 0.1) is 0 Å². The van der Waals surface area contributed by atoms with Crippen molar-refractivity contribution in [2.24, 2.45) is 0 Å². The fourth-order valence-corrected chi connectivity index (χ4v) is 3.65. The molecule has 0 aromatic heterocycles. The molecule has 0 radical (unpaired) electrons. The summed E-state index contributed by atoms with van der Waals surface area (Å²) in [5.41, 5.74) is 0.825. The van der Waals surface area contributed by atoms with Gasteiger partial charge in [0.2, 0.25) is 5.91 Å². The summed E-state index contributed by atoms with van der Waals surface area (Å²) in [5, 5.41) is 0. The molecule has 1 aliphatic heterocycles. The molecule has 0 fully saturated rings. The molecule has 0 bridgehead atoms. The monoisotopic (exact) mass is 309 g/mol. The Kier molecular flexibility index (Phi) is 3.67. The maximum atomic E-state index is 13.3. The molecule has 0 saturated heterocycles. The third-order valence-electron chi connectivity index (χ3n) is 4.46. The molecular weight excluding hydrogens is 286 g/mol. The molecule has 3 rings (SSSR count). The van der Waals surface area contributed by atoms with Crippen LogP contribution in [0.4, 0.5) is 0 Å². The van der Waals surface area contributed by atoms with Gasteiger partial charge in [-0.25, -0.2) is 0 Å². The number of para-hydroxylation sites is 1. The molecule has 0 N–H and O–H groups in total. The summed E-state index contributed by atoms with van der Waals surface area (Å²) in [6.45, 7) is 4.09. The van der Waals surface area contributed by atoms with Crippen molar-refractivity contribution in [3.63, 3.8) is 0 Å². The Morgan fingerprint density at radius 3 is 2.26 bits per heavy atom. The third-order valence-corrected chi connectivity index (χ3v) is 4.46. The summed E-state index contributed by atoms with van der Waals surface area (Å²) >= 11 is 0. The number of amides is 1. The summed E-state index contributed by atoms with van der Waals surface area (Å²) < 4.78 is 6.16. The van der Waals surface area contributed by atoms with Gasteiger partial charge in [0, 0.05) is 26.1 Å². The predicted molar refractivity (Wildman–Crippen MR) is 91.7 cm³/mol. The maximum absolute atomic E-state index is 13.3. The number of carbonyl (C=O) groups is 1. The van der Waals surface area contributed by atoms with Crippen molar-refractivity contribution >= 4 is 5.91 Å². The summed E-state index contributed by atoms with van der Waals surface area (Å²) in [6.07, 6.45) is 0.609. The van der Waals surface area contributed by atoms with Gasteiger partial charge in [0.25, 0.3) is 0 Å². The Morgan fingerprint density at radius 2 is 1.61 bits per heavy atom. The van der Waals surface area contributed by atoms with E-state index in [4.69, 9.17) is 4.74 Å². The highest BCUT2D eigenvalue weighted by Crippen LogP contribution is 2.49. The van der Waals surface area contributed by atoms with Gasteiger partial charge in [-0.05, 0) is 25.5 Å². The molecule has 1 aliphatic rings. The lowest BCUT2D eigenvalue weighted by molar-refractivity contribution is -0.136. The zero-order chi connectivity index (χ0) is 16.7. The molecule has 3 nitrogen and oxygen atoms in total. The van der Waals surface area contributed by atoms with Crippen LogP contribution in [0.3, 0.4) is 0 Å². The van der Waals surface area contributed by atoms with Crippen LogP contribution in [0.25, 0.3) is 0 Å². The fourth-order valence-electron chi connectivity index (χ4n) is 3.65. The number of carbonyl (C=O) groups excluding carboxylic acids is 1. The van der Waals surface area contributed by atoms with Crippen molar-refractivity contribution in [1.29, 1.82) is 0 Å². The Balaban J connectivity index is 2.33. The fraction of sp³-hybridized carbons (Fsp3) is 0.350. The lowest BCUT2D eigenvalue weighted by Gasteiger charge is -2.46. The van der Waals surface area contributed by atoms with Crippen LogP contribution in [0.2, 0.25) is 0 Å². The van der Waals surface area contributed by atoms with Gasteiger partial charge in [-0.3, -0.25) is 4.79 Å². The second-order valence-electron chi connectivity index (χ2n) is 7.01. The zero-order valence-corrected chi connectivity index (χ0v) is 14.2. The van der Waals surface area contributed by atoms with E-state index in [1.54, 1.807) is 4.90 Å². The smallest absolute Gasteiger partial charge is 0.237 e. The van der Waals surface area contributed by atoms with Crippen LogP contribution in [0, 0.1) is 0 Å². The molecule has 1 amide bonds. The first-order valence-electron chi connectivity index (χ1n) is 7.93. The summed E-state index contributed by atoms with van der Waals surface area (Å²) in [6, 6.07) is 17.9. The number of hydrogen-bond donors (Lipinski definition) is 0. The lowest BCUT2D eigenvalue weighted by Crippen LogP contribution is -2.53. The number of benzene rings is 2. The highest BCUT2D eigenvalue weighted by atomic mass is 16.5. The quantitative estimate of drug-likeness (QED) is 0.848. The van der Waals surface area contributed by atoms with Gasteiger partial charge in [-0.1, -0.05) is 48.5 Å². The number of nitrogens with zero attached hydrogens (tertiary/aromatic N) is 1. The molecular formula is C20H23NO2. The van der Waals surface area contributed by atoms with Crippen LogP contribution in [-0.2, 0) is 10.2 Å². The van der Waals surface area contributed by atoms with E-state index < -0.39 is 11.0 Å². The maximum Gasteiger partial charge on any atom is 0.237 e. The van der Waals surface area contributed by atoms with Crippen molar-refractivity contribution in [3.05, 3.63) is 65.7 Å². The highest BCUT2D eigenvalue weighted by Gasteiger charge is 2.51. The standard InChI is InChI=1S/C20H23NO2/c1-19(2)14-20(18(22)21(3)4,15-10-6-5-7-11-15)16-12-8-9-13-17(16)23-19/h5-13H,14H2,1-4H3. The average Bonchev–Trinajstić information content (AvgIpc) is 2.53. The van der Waals surface area contributed by atoms with Crippen molar-refractivity contribution < 1.29 is 9.53 Å². The Bertz CT molecular complexity index is 721. The topological polar surface area (TPSA) is 29.5 Å². The highest BCUT2D eigenvalue weighted by molar-refractivity contribution is 5.93. The number of likely N-dealkylation sites (N-methyl/N-ethyl adjacent to an activating group) is 1. The number of hydrogen-bond acceptors (Lipinski definition) is 2. The minimum atomic E-state index is -0.719. The average molecular weight is 309 g/mol. The molecule has 1 atom stereocenters. The lowest BCUT2D eigenvalue weighted by atomic mass is 9.65. The van der Waals surface area contributed by atoms with Gasteiger partial charge in [0.15, 0.2) is 0 Å². The van der Waals surface area contributed by atoms with Crippen LogP contribution in [0.5, 0.6) is 5.75 Å². The molecule has 3 heteroatoms. The largest absolute Gasteiger partial charge is 0.487 e. The Morgan fingerprint density at radius 1 is 1.00 bits per heavy atom. The van der Waals surface area contributed by atoms with E-state index in [1.165, 1.54) is 0 Å². The van der Waals surface area contributed by atoms with Crippen LogP contribution in [0.1, 0.15) is 31.4 Å². The van der Waals surface area contributed by atoms with E-state index >= 15 is 0 Å². The van der Waals surface area contributed by atoms with Crippen molar-refractivity contribution in [3.8, 4) is 5.75 Å². The minimum Gasteiger partial charge on any atom is -0.487 e. The van der Waals surface area contributed by atoms with E-state index in [0.717, 1.165) is 16.9 Å². The number of fused-ring (bicyclic) bond motifs is 1. The second kappa shape index (κ2) is 5.41. The molecule has 1 heterocycles. The van der Waals surface area contributed by atoms with Gasteiger partial charge < -0.3 is 9.64 Å². The minimum absolute atomic E-state index is 0.0903. The number of ether oxygens (including phenoxy) is 1. The van der Waals surface area contributed by atoms with Gasteiger partial charge >= 0.3 is 0 Å². The molecule has 0 aliphatic carbocycles. The third kappa shape index (κ3) is 2.50. The predicted octanol–water partition coefficient (Wildman–Crippen LogP) is 3.62. The summed E-state index contributed by atoms with van der Waals surface area (Å²) in [4.78, 5) is 15.0. The van der Waals surface area contributed by atoms with Gasteiger partial charge in [-0.2, -0.15) is 0 Å². The molecule has 2 aromatic carbocycles. The first-order chi connectivity index (χ1) is 10.9. The summed E-state index contributed by atoms with van der Waals surface area (Å²) in [5.74, 6) is 0.885. The van der Waals surface area contributed by atoms with Gasteiger partial charge in [-0.15, -0.1) is 0 Å². The summed E-state index contributed by atoms with van der Waals surface area (Å²) in [7, 11) is 3.64. The number of rotatable bonds is 2. The molecule has 0 spiro atoms. The zero-order valence-electron chi connectivity index (χ0n) is 14.2. The first kappa shape index (κ1) is 15.6. The molecule has 120 valence electrons. The van der Waals surface area contributed by atoms with Crippen LogP contribution >= 0.6 is 0 Å². The van der Waals surface area contributed by atoms with E-state index in [2.05, 4.69) is 0 Å². The van der Waals surface area contributed by atoms with Gasteiger partial charge in [0.1, 0.15) is 16.8 Å². The first-order valence-corrected chi connectivity index (χ1v) is 7.93. The Labute approximate surface area is 137 Å². The van der Waals surface area contributed by atoms with E-state index in [-0.39, 0.29) is 5.91 Å². The normalized spacial score (nSPS) is 21.9. The molecule has 23 heavy (non-hydrogen) atoms. The van der Waals surface area contributed by atoms with Crippen LogP contribution < -0.4 is 4.74 Å². The van der Waals surface area contributed by atoms with E-state index in [0.29, 0.717) is 6.42 Å². The van der Waals surface area contributed by atoms with Crippen LogP contribution in [0.15, 0.2) is 54.6 Å². The van der Waals surface area contributed by atoms with Crippen molar-refractivity contribution in [2.75, 3.05) is 14.1 Å². The Hall–Kier alpha value is -2.29. The SMILES string of the molecule is CN(C)C(=O)C1(c2ccccc2)CC(C)(C)Oc2ccccc21. The molecule has 2 aromatic rings. The van der Waals surface area contributed by atoms with E-state index in [1.807, 2.05) is 82.5 Å². The second-order valence-corrected chi connectivity index (χ2v) is 7.01. The van der Waals surface area contributed by atoms with E-state index in [9.17, 15) is 4.79 Å². The molecule has 1 unspecified atom stereocenters. The van der Waals surface area contributed by atoms with Crippen LogP contribution in [-0.4, -0.2) is 30.5 Å².